The summed E-state index contributed by atoms with van der Waals surface area (Å²) in [5.74, 6) is 3.98. The number of hydrogen-bond acceptors (Lipinski definition) is 5. The molecule has 0 aliphatic heterocycles. The van der Waals surface area contributed by atoms with Gasteiger partial charge in [0.1, 0.15) is 12.4 Å². The van der Waals surface area contributed by atoms with Crippen LogP contribution < -0.4 is 19.6 Å². The molecule has 2 aromatic carbocycles. The summed E-state index contributed by atoms with van der Waals surface area (Å²) in [6, 6.07) is 10.9. The lowest BCUT2D eigenvalue weighted by Gasteiger charge is -2.11. The Morgan fingerprint density at radius 1 is 1.29 bits per heavy atom. The van der Waals surface area contributed by atoms with E-state index in [1.165, 1.54) is 13.3 Å². The topological polar surface area (TPSA) is 69.2 Å². The Morgan fingerprint density at radius 3 is 2.68 bits per heavy atom. The van der Waals surface area contributed by atoms with Gasteiger partial charge in [0, 0.05) is 0 Å². The number of rotatable bonds is 9. The Hall–Kier alpha value is -2.98. The zero-order chi connectivity index (χ0) is 20.4. The van der Waals surface area contributed by atoms with Crippen molar-refractivity contribution in [2.75, 3.05) is 20.3 Å². The molecule has 0 aliphatic carbocycles. The number of halogens is 1. The second-order valence-corrected chi connectivity index (χ2v) is 6.43. The van der Waals surface area contributed by atoms with Gasteiger partial charge < -0.3 is 14.2 Å². The van der Waals surface area contributed by atoms with Gasteiger partial charge in [0.25, 0.3) is 0 Å². The largest absolute Gasteiger partial charge is 0.494 e. The molecule has 2 aromatic rings. The normalized spacial score (nSPS) is 10.4. The molecule has 0 aromatic heterocycles. The second kappa shape index (κ2) is 11.0. The van der Waals surface area contributed by atoms with Crippen LogP contribution in [0.5, 0.6) is 17.2 Å². The molecular weight excluding hydrogens is 424 g/mol. The van der Waals surface area contributed by atoms with Crippen molar-refractivity contribution < 1.29 is 19.0 Å². The maximum Gasteiger partial charge on any atom is 0.244 e. The molecule has 0 unspecified atom stereocenters. The molecule has 1 N–H and O–H groups in total. The van der Waals surface area contributed by atoms with Gasteiger partial charge in [0.2, 0.25) is 5.91 Å². The maximum absolute atomic E-state index is 12.0. The molecule has 0 aliphatic rings. The van der Waals surface area contributed by atoms with Gasteiger partial charge in [-0.2, -0.15) is 5.10 Å². The minimum Gasteiger partial charge on any atom is -0.494 e. The number of amides is 1. The summed E-state index contributed by atoms with van der Waals surface area (Å²) in [6.45, 7) is 2.65. The van der Waals surface area contributed by atoms with E-state index >= 15 is 0 Å². The van der Waals surface area contributed by atoms with Crippen molar-refractivity contribution in [3.63, 3.8) is 0 Å². The lowest BCUT2D eigenvalue weighted by molar-refractivity contribution is -0.120. The van der Waals surface area contributed by atoms with Gasteiger partial charge >= 0.3 is 0 Å². The van der Waals surface area contributed by atoms with E-state index in [9.17, 15) is 4.79 Å². The molecule has 28 heavy (non-hydrogen) atoms. The van der Waals surface area contributed by atoms with Gasteiger partial charge in [-0.25, -0.2) is 5.43 Å². The number of carbonyl (C=O) groups excluding carboxylic acids is 1. The first-order valence-electron chi connectivity index (χ1n) is 8.54. The van der Waals surface area contributed by atoms with Gasteiger partial charge in [0.15, 0.2) is 11.5 Å². The van der Waals surface area contributed by atoms with E-state index < -0.39 is 0 Å². The van der Waals surface area contributed by atoms with Crippen molar-refractivity contribution in [1.29, 1.82) is 0 Å². The summed E-state index contributed by atoms with van der Waals surface area (Å²) in [5.41, 5.74) is 4.10. The first kappa shape index (κ1) is 21.3. The van der Waals surface area contributed by atoms with Crippen LogP contribution in [0.25, 0.3) is 0 Å². The zero-order valence-electron chi connectivity index (χ0n) is 15.7. The van der Waals surface area contributed by atoms with Crippen LogP contribution in [0.2, 0.25) is 0 Å². The molecule has 0 heterocycles. The molecule has 1 amide bonds. The summed E-state index contributed by atoms with van der Waals surface area (Å²) in [6.07, 6.45) is 6.96. The number of carbonyl (C=O) groups is 1. The van der Waals surface area contributed by atoms with Crippen molar-refractivity contribution in [1.82, 2.24) is 5.43 Å². The lowest BCUT2D eigenvalue weighted by atomic mass is 10.1. The van der Waals surface area contributed by atoms with Crippen molar-refractivity contribution >= 4 is 28.1 Å². The van der Waals surface area contributed by atoms with Gasteiger partial charge in [-0.15, -0.1) is 6.42 Å². The van der Waals surface area contributed by atoms with Crippen molar-refractivity contribution in [3.8, 4) is 29.6 Å². The number of methoxy groups -OCH3 is 1. The van der Waals surface area contributed by atoms with Crippen LogP contribution in [0.3, 0.4) is 0 Å². The fourth-order valence-corrected chi connectivity index (χ4v) is 2.92. The third-order valence-electron chi connectivity index (χ3n) is 3.55. The zero-order valence-corrected chi connectivity index (χ0v) is 17.3. The smallest absolute Gasteiger partial charge is 0.244 e. The summed E-state index contributed by atoms with van der Waals surface area (Å²) >= 11 is 3.42. The summed E-state index contributed by atoms with van der Waals surface area (Å²) < 4.78 is 16.8. The van der Waals surface area contributed by atoms with Crippen molar-refractivity contribution in [3.05, 3.63) is 52.0 Å². The SMILES string of the molecule is C#CCOc1c(Br)cc(/C=N\NC(=O)Cc2ccc(OCC)cc2)cc1OC. The Bertz CT molecular complexity index is 873. The van der Waals surface area contributed by atoms with E-state index in [0.717, 1.165) is 16.9 Å². The van der Waals surface area contributed by atoms with Crippen LogP contribution in [-0.2, 0) is 11.2 Å². The number of hydrogen-bond donors (Lipinski definition) is 1. The Kier molecular flexibility index (Phi) is 8.37. The van der Waals surface area contributed by atoms with Crippen molar-refractivity contribution in [2.24, 2.45) is 5.10 Å². The highest BCUT2D eigenvalue weighted by molar-refractivity contribution is 9.10. The van der Waals surface area contributed by atoms with Gasteiger partial charge in [-0.05, 0) is 58.2 Å². The molecule has 0 bridgehead atoms. The quantitative estimate of drug-likeness (QED) is 0.364. The van der Waals surface area contributed by atoms with Crippen molar-refractivity contribution in [2.45, 2.75) is 13.3 Å². The van der Waals surface area contributed by atoms with Crippen LogP contribution >= 0.6 is 15.9 Å². The van der Waals surface area contributed by atoms with E-state index in [1.54, 1.807) is 12.1 Å². The number of terminal acetylenes is 1. The minimum absolute atomic E-state index is 0.129. The molecule has 0 radical (unpaired) electrons. The fourth-order valence-electron chi connectivity index (χ4n) is 2.34. The monoisotopic (exact) mass is 444 g/mol. The maximum atomic E-state index is 12.0. The summed E-state index contributed by atoms with van der Waals surface area (Å²) in [7, 11) is 1.53. The molecule has 7 heteroatoms. The van der Waals surface area contributed by atoms with Gasteiger partial charge in [-0.3, -0.25) is 4.79 Å². The lowest BCUT2D eigenvalue weighted by Crippen LogP contribution is -2.19. The third kappa shape index (κ3) is 6.32. The fraction of sp³-hybridized carbons (Fsp3) is 0.238. The predicted molar refractivity (Wildman–Crippen MR) is 112 cm³/mol. The van der Waals surface area contributed by atoms with Crippen LogP contribution in [0, 0.1) is 12.3 Å². The van der Waals surface area contributed by atoms with Gasteiger partial charge in [-0.1, -0.05) is 18.1 Å². The molecule has 146 valence electrons. The van der Waals surface area contributed by atoms with E-state index in [0.29, 0.717) is 22.6 Å². The Balaban J connectivity index is 1.97. The minimum atomic E-state index is -0.222. The molecule has 0 saturated carbocycles. The second-order valence-electron chi connectivity index (χ2n) is 5.57. The van der Waals surface area contributed by atoms with E-state index in [2.05, 4.69) is 32.4 Å². The van der Waals surface area contributed by atoms with E-state index in [4.69, 9.17) is 20.6 Å². The highest BCUT2D eigenvalue weighted by Gasteiger charge is 2.11. The first-order chi connectivity index (χ1) is 13.6. The standard InChI is InChI=1S/C21H21BrN2O4/c1-4-10-28-21-18(22)11-16(12-19(21)26-3)14-23-24-20(25)13-15-6-8-17(9-7-15)27-5-2/h1,6-9,11-12,14H,5,10,13H2,2-3H3,(H,24,25)/b23-14-. The van der Waals surface area contributed by atoms with E-state index in [1.807, 2.05) is 31.2 Å². The average Bonchev–Trinajstić information content (AvgIpc) is 2.68. The molecule has 0 saturated heterocycles. The van der Waals surface area contributed by atoms with Gasteiger partial charge in [0.05, 0.1) is 30.8 Å². The van der Waals surface area contributed by atoms with Crippen LogP contribution in [0.1, 0.15) is 18.1 Å². The summed E-state index contributed by atoms with van der Waals surface area (Å²) in [5, 5.41) is 3.99. The van der Waals surface area contributed by atoms with Crippen LogP contribution in [0.15, 0.2) is 46.0 Å². The molecule has 0 fully saturated rings. The van der Waals surface area contributed by atoms with Crippen LogP contribution in [0.4, 0.5) is 0 Å². The number of nitrogens with zero attached hydrogens (tertiary/aromatic N) is 1. The molecule has 0 spiro atoms. The molecule has 0 atom stereocenters. The average molecular weight is 445 g/mol. The highest BCUT2D eigenvalue weighted by atomic mass is 79.9. The molecule has 6 nitrogen and oxygen atoms in total. The summed E-state index contributed by atoms with van der Waals surface area (Å²) in [4.78, 5) is 12.0. The number of nitrogens with one attached hydrogen (secondary N) is 1. The third-order valence-corrected chi connectivity index (χ3v) is 4.14. The Morgan fingerprint density at radius 2 is 2.04 bits per heavy atom. The molecular formula is C21H21BrN2O4. The van der Waals surface area contributed by atoms with Crippen LogP contribution in [-0.4, -0.2) is 32.4 Å². The predicted octanol–water partition coefficient (Wildman–Crippen LogP) is 3.56. The van der Waals surface area contributed by atoms with E-state index in [-0.39, 0.29) is 18.9 Å². The highest BCUT2D eigenvalue weighted by Crippen LogP contribution is 2.36. The number of hydrazone groups is 1. The number of ether oxygens (including phenoxy) is 3. The first-order valence-corrected chi connectivity index (χ1v) is 9.34. The number of benzene rings is 2. The molecule has 2 rings (SSSR count). The Labute approximate surface area is 173 Å².